The number of fused-ring (bicyclic) bond motifs is 2. The van der Waals surface area contributed by atoms with Gasteiger partial charge in [-0.3, -0.25) is 14.7 Å². The second kappa shape index (κ2) is 11.3. The molecule has 5 rings (SSSR count). The van der Waals surface area contributed by atoms with Crippen molar-refractivity contribution in [2.75, 3.05) is 11.9 Å². The maximum atomic E-state index is 13.8. The van der Waals surface area contributed by atoms with Gasteiger partial charge in [0.05, 0.1) is 11.1 Å². The zero-order valence-electron chi connectivity index (χ0n) is 21.5. The molecule has 0 spiro atoms. The number of hydrogen-bond donors (Lipinski definition) is 1. The minimum Gasteiger partial charge on any atom is -0.449 e. The molecule has 0 bridgehead atoms. The van der Waals surface area contributed by atoms with E-state index in [9.17, 15) is 9.59 Å². The lowest BCUT2D eigenvalue weighted by Crippen LogP contribution is -2.35. The first kappa shape index (κ1) is 25.9. The molecular formula is C31H30ClN3O3. The van der Waals surface area contributed by atoms with Crippen LogP contribution in [0, 0.1) is 6.92 Å². The lowest BCUT2D eigenvalue weighted by atomic mass is 9.95. The van der Waals surface area contributed by atoms with E-state index in [2.05, 4.69) is 22.3 Å². The van der Waals surface area contributed by atoms with Gasteiger partial charge in [0.25, 0.3) is 5.91 Å². The summed E-state index contributed by atoms with van der Waals surface area (Å²) in [5, 5.41) is 4.13. The lowest BCUT2D eigenvalue weighted by Gasteiger charge is -2.30. The van der Waals surface area contributed by atoms with Crippen molar-refractivity contribution in [2.24, 2.45) is 0 Å². The largest absolute Gasteiger partial charge is 0.449 e. The molecule has 0 saturated carbocycles. The average Bonchev–Trinajstić information content (AvgIpc) is 2.92. The number of para-hydroxylation sites is 1. The summed E-state index contributed by atoms with van der Waals surface area (Å²) in [7, 11) is 0. The molecule has 1 atom stereocenters. The first-order valence-corrected chi connectivity index (χ1v) is 13.3. The van der Waals surface area contributed by atoms with Crippen LogP contribution in [-0.2, 0) is 29.0 Å². The number of amides is 1. The van der Waals surface area contributed by atoms with Gasteiger partial charge in [0, 0.05) is 53.4 Å². The third-order valence-corrected chi connectivity index (χ3v) is 7.18. The normalized spacial score (nSPS) is 14.1. The number of nitrogens with zero attached hydrogens (tertiary/aromatic N) is 2. The molecule has 1 aliphatic heterocycles. The van der Waals surface area contributed by atoms with Crippen LogP contribution in [0.15, 0.2) is 72.8 Å². The van der Waals surface area contributed by atoms with Crippen molar-refractivity contribution < 1.29 is 14.3 Å². The number of aromatic nitrogens is 1. The molecule has 0 saturated heterocycles. The topological polar surface area (TPSA) is 71.5 Å². The van der Waals surface area contributed by atoms with Crippen molar-refractivity contribution in [1.29, 1.82) is 0 Å². The van der Waals surface area contributed by atoms with Crippen LogP contribution in [0.5, 0.6) is 0 Å². The van der Waals surface area contributed by atoms with E-state index in [4.69, 9.17) is 21.3 Å². The summed E-state index contributed by atoms with van der Waals surface area (Å²) in [5.74, 6) is -0.893. The smallest absolute Gasteiger partial charge is 0.340 e. The van der Waals surface area contributed by atoms with Crippen molar-refractivity contribution in [3.05, 3.63) is 106 Å². The Morgan fingerprint density at radius 3 is 2.63 bits per heavy atom. The average molecular weight is 528 g/mol. The standard InChI is InChI=1S/C31H30ClN3O3/c1-3-28(30(36)34-27-17-22(32)14-13-20(27)2)38-31(37)29-23-11-7-8-12-25(23)33-26-15-16-35(19-24(26)29)18-21-9-5-4-6-10-21/h4-14,17,28H,3,15-16,18-19H2,1-2H3,(H,34,36). The number of rotatable bonds is 7. The van der Waals surface area contributed by atoms with E-state index in [1.54, 1.807) is 12.1 Å². The molecule has 0 fully saturated rings. The number of benzene rings is 3. The zero-order chi connectivity index (χ0) is 26.6. The molecule has 194 valence electrons. The molecule has 4 aromatic rings. The van der Waals surface area contributed by atoms with Gasteiger partial charge in [-0.2, -0.15) is 0 Å². The molecule has 0 aliphatic carbocycles. The van der Waals surface area contributed by atoms with E-state index in [1.807, 2.05) is 62.4 Å². The second-order valence-corrected chi connectivity index (χ2v) is 10.1. The number of hydrogen-bond acceptors (Lipinski definition) is 5. The zero-order valence-corrected chi connectivity index (χ0v) is 22.3. The Balaban J connectivity index is 1.43. The van der Waals surface area contributed by atoms with Gasteiger partial charge in [0.15, 0.2) is 6.10 Å². The minimum absolute atomic E-state index is 0.336. The van der Waals surface area contributed by atoms with Gasteiger partial charge < -0.3 is 10.1 Å². The van der Waals surface area contributed by atoms with Crippen LogP contribution < -0.4 is 5.32 Å². The molecule has 3 aromatic carbocycles. The molecule has 0 radical (unpaired) electrons. The highest BCUT2D eigenvalue weighted by atomic mass is 35.5. The van der Waals surface area contributed by atoms with Crippen LogP contribution in [-0.4, -0.2) is 34.4 Å². The van der Waals surface area contributed by atoms with Gasteiger partial charge in [0.1, 0.15) is 0 Å². The Kier molecular flexibility index (Phi) is 7.72. The van der Waals surface area contributed by atoms with Crippen LogP contribution in [0.2, 0.25) is 5.02 Å². The maximum absolute atomic E-state index is 13.8. The fraction of sp³-hybridized carbons (Fsp3) is 0.258. The highest BCUT2D eigenvalue weighted by molar-refractivity contribution is 6.31. The maximum Gasteiger partial charge on any atom is 0.340 e. The fourth-order valence-electron chi connectivity index (χ4n) is 4.91. The first-order valence-electron chi connectivity index (χ1n) is 12.9. The van der Waals surface area contributed by atoms with Gasteiger partial charge in [-0.15, -0.1) is 0 Å². The molecule has 1 N–H and O–H groups in total. The van der Waals surface area contributed by atoms with E-state index in [-0.39, 0.29) is 5.91 Å². The van der Waals surface area contributed by atoms with Crippen molar-refractivity contribution in [3.63, 3.8) is 0 Å². The van der Waals surface area contributed by atoms with Crippen molar-refractivity contribution in [2.45, 2.75) is 45.9 Å². The number of halogens is 1. The highest BCUT2D eigenvalue weighted by Gasteiger charge is 2.29. The summed E-state index contributed by atoms with van der Waals surface area (Å²) in [4.78, 5) is 34.1. The number of carbonyl (C=O) groups is 2. The van der Waals surface area contributed by atoms with Crippen molar-refractivity contribution >= 4 is 40.1 Å². The predicted molar refractivity (Wildman–Crippen MR) is 150 cm³/mol. The van der Waals surface area contributed by atoms with Crippen molar-refractivity contribution in [3.8, 4) is 0 Å². The summed E-state index contributed by atoms with van der Waals surface area (Å²) in [6.07, 6.45) is 0.120. The third kappa shape index (κ3) is 5.57. The Morgan fingerprint density at radius 2 is 1.84 bits per heavy atom. The molecule has 1 aromatic heterocycles. The number of esters is 1. The molecule has 1 unspecified atom stereocenters. The van der Waals surface area contributed by atoms with Gasteiger partial charge in [0.2, 0.25) is 0 Å². The Morgan fingerprint density at radius 1 is 1.08 bits per heavy atom. The van der Waals surface area contributed by atoms with E-state index >= 15 is 0 Å². The summed E-state index contributed by atoms with van der Waals surface area (Å²) in [6, 6.07) is 23.2. The number of nitrogens with one attached hydrogen (secondary N) is 1. The van der Waals surface area contributed by atoms with E-state index < -0.39 is 12.1 Å². The van der Waals surface area contributed by atoms with Gasteiger partial charge >= 0.3 is 5.97 Å². The Labute approximate surface area is 227 Å². The van der Waals surface area contributed by atoms with Gasteiger partial charge in [-0.1, -0.05) is 73.1 Å². The minimum atomic E-state index is -0.951. The molecular weight excluding hydrogens is 498 g/mol. The molecule has 1 amide bonds. The number of aryl methyl sites for hydroxylation is 1. The van der Waals surface area contributed by atoms with Crippen LogP contribution in [0.4, 0.5) is 5.69 Å². The van der Waals surface area contributed by atoms with E-state index in [0.717, 1.165) is 47.2 Å². The van der Waals surface area contributed by atoms with Crippen molar-refractivity contribution in [1.82, 2.24) is 9.88 Å². The highest BCUT2D eigenvalue weighted by Crippen LogP contribution is 2.30. The predicted octanol–water partition coefficient (Wildman–Crippen LogP) is 6.33. The molecule has 6 nitrogen and oxygen atoms in total. The molecule has 7 heteroatoms. The molecule has 1 aliphatic rings. The molecule has 2 heterocycles. The van der Waals surface area contributed by atoms with Gasteiger partial charge in [-0.05, 0) is 42.7 Å². The monoisotopic (exact) mass is 527 g/mol. The first-order chi connectivity index (χ1) is 18.4. The number of ether oxygens (including phenoxy) is 1. The summed E-state index contributed by atoms with van der Waals surface area (Å²) in [6.45, 7) is 5.91. The molecule has 38 heavy (non-hydrogen) atoms. The fourth-order valence-corrected chi connectivity index (χ4v) is 5.08. The van der Waals surface area contributed by atoms with Crippen LogP contribution in [0.3, 0.4) is 0 Å². The number of pyridine rings is 1. The SMILES string of the molecule is CCC(OC(=O)c1c2c(nc3ccccc13)CCN(Cc1ccccc1)C2)C(=O)Nc1cc(Cl)ccc1C. The second-order valence-electron chi connectivity index (χ2n) is 9.63. The number of carbonyl (C=O) groups excluding carboxylic acids is 2. The van der Waals surface area contributed by atoms with Crippen LogP contribution >= 0.6 is 11.6 Å². The quantitative estimate of drug-likeness (QED) is 0.284. The Bertz CT molecular complexity index is 1490. The lowest BCUT2D eigenvalue weighted by molar-refractivity contribution is -0.124. The van der Waals surface area contributed by atoms with Crippen LogP contribution in [0.1, 0.15) is 46.1 Å². The summed E-state index contributed by atoms with van der Waals surface area (Å²) in [5.41, 5.74) is 5.71. The van der Waals surface area contributed by atoms with E-state index in [0.29, 0.717) is 29.2 Å². The van der Waals surface area contributed by atoms with E-state index in [1.165, 1.54) is 5.56 Å². The summed E-state index contributed by atoms with van der Waals surface area (Å²) >= 11 is 6.12. The Hall–Kier alpha value is -3.74. The van der Waals surface area contributed by atoms with Gasteiger partial charge in [-0.25, -0.2) is 4.79 Å². The summed E-state index contributed by atoms with van der Waals surface area (Å²) < 4.78 is 5.89. The number of anilines is 1. The third-order valence-electron chi connectivity index (χ3n) is 6.95. The van der Waals surface area contributed by atoms with Crippen LogP contribution in [0.25, 0.3) is 10.9 Å².